The maximum Gasteiger partial charge on any atom is 0.275 e. The van der Waals surface area contributed by atoms with Crippen molar-refractivity contribution in [3.05, 3.63) is 52.6 Å². The standard InChI is InChI=1S/C13H11ClN4OS/c1-7-5-17-11(6-16-7)13(19)18-10-3-2-8(12(15)20)4-9(10)14/h2-6H,1H3,(H2,15,20)(H,18,19). The van der Waals surface area contributed by atoms with E-state index < -0.39 is 0 Å². The highest BCUT2D eigenvalue weighted by atomic mass is 35.5. The van der Waals surface area contributed by atoms with E-state index in [0.29, 0.717) is 16.3 Å². The number of aromatic nitrogens is 2. The highest BCUT2D eigenvalue weighted by Gasteiger charge is 2.11. The molecule has 2 rings (SSSR count). The molecule has 0 saturated carbocycles. The van der Waals surface area contributed by atoms with Crippen molar-refractivity contribution < 1.29 is 4.79 Å². The summed E-state index contributed by atoms with van der Waals surface area (Å²) in [6.45, 7) is 1.79. The molecule has 0 atom stereocenters. The third-order valence-corrected chi connectivity index (χ3v) is 3.06. The van der Waals surface area contributed by atoms with Crippen LogP contribution in [0.2, 0.25) is 5.02 Å². The predicted octanol–water partition coefficient (Wildman–Crippen LogP) is 2.32. The summed E-state index contributed by atoms with van der Waals surface area (Å²) in [5.41, 5.74) is 7.55. The number of benzene rings is 1. The molecule has 7 heteroatoms. The molecule has 0 unspecified atom stereocenters. The van der Waals surface area contributed by atoms with Crippen LogP contribution in [-0.4, -0.2) is 20.9 Å². The first-order valence-corrected chi connectivity index (χ1v) is 6.45. The summed E-state index contributed by atoms with van der Waals surface area (Å²) in [5, 5.41) is 3.01. The largest absolute Gasteiger partial charge is 0.389 e. The minimum absolute atomic E-state index is 0.213. The van der Waals surface area contributed by atoms with E-state index in [1.807, 2.05) is 0 Å². The van der Waals surface area contributed by atoms with Crippen molar-refractivity contribution in [2.75, 3.05) is 5.32 Å². The number of hydrogen-bond donors (Lipinski definition) is 2. The van der Waals surface area contributed by atoms with Crippen molar-refractivity contribution in [2.24, 2.45) is 5.73 Å². The molecule has 1 heterocycles. The maximum absolute atomic E-state index is 12.0. The van der Waals surface area contributed by atoms with Gasteiger partial charge in [-0.1, -0.05) is 23.8 Å². The first kappa shape index (κ1) is 14.4. The number of rotatable bonds is 3. The maximum atomic E-state index is 12.0. The van der Waals surface area contributed by atoms with Gasteiger partial charge in [0.05, 0.1) is 22.6 Å². The zero-order valence-electron chi connectivity index (χ0n) is 10.6. The molecular weight excluding hydrogens is 296 g/mol. The molecule has 2 aromatic rings. The summed E-state index contributed by atoms with van der Waals surface area (Å²) in [5.74, 6) is -0.387. The molecule has 0 aliphatic carbocycles. The number of carbonyl (C=O) groups excluding carboxylic acids is 1. The predicted molar refractivity (Wildman–Crippen MR) is 82.1 cm³/mol. The van der Waals surface area contributed by atoms with Crippen molar-refractivity contribution in [3.63, 3.8) is 0 Å². The van der Waals surface area contributed by atoms with Gasteiger partial charge >= 0.3 is 0 Å². The summed E-state index contributed by atoms with van der Waals surface area (Å²) in [6, 6.07) is 4.92. The van der Waals surface area contributed by atoms with E-state index in [9.17, 15) is 4.79 Å². The Labute approximate surface area is 126 Å². The molecule has 3 N–H and O–H groups in total. The second-order valence-electron chi connectivity index (χ2n) is 4.06. The lowest BCUT2D eigenvalue weighted by Gasteiger charge is -2.08. The van der Waals surface area contributed by atoms with Gasteiger partial charge in [0, 0.05) is 11.8 Å². The molecule has 0 bridgehead atoms. The van der Waals surface area contributed by atoms with Crippen LogP contribution in [0, 0.1) is 6.92 Å². The summed E-state index contributed by atoms with van der Waals surface area (Å²) in [6.07, 6.45) is 2.93. The van der Waals surface area contributed by atoms with Gasteiger partial charge in [-0.2, -0.15) is 0 Å². The normalized spacial score (nSPS) is 10.1. The summed E-state index contributed by atoms with van der Waals surface area (Å²) in [7, 11) is 0. The van der Waals surface area contributed by atoms with Crippen molar-refractivity contribution >= 4 is 40.4 Å². The van der Waals surface area contributed by atoms with Gasteiger partial charge in [0.1, 0.15) is 10.7 Å². The summed E-state index contributed by atoms with van der Waals surface area (Å²) < 4.78 is 0. The van der Waals surface area contributed by atoms with Crippen molar-refractivity contribution in [1.82, 2.24) is 9.97 Å². The lowest BCUT2D eigenvalue weighted by molar-refractivity contribution is 0.102. The molecule has 102 valence electrons. The minimum atomic E-state index is -0.387. The van der Waals surface area contributed by atoms with E-state index in [2.05, 4.69) is 15.3 Å². The van der Waals surface area contributed by atoms with Gasteiger partial charge in [-0.25, -0.2) is 4.98 Å². The Hall–Kier alpha value is -2.05. The number of nitrogens with two attached hydrogens (primary N) is 1. The van der Waals surface area contributed by atoms with Gasteiger partial charge in [-0.15, -0.1) is 0 Å². The highest BCUT2D eigenvalue weighted by molar-refractivity contribution is 7.80. The molecule has 0 spiro atoms. The van der Waals surface area contributed by atoms with E-state index >= 15 is 0 Å². The SMILES string of the molecule is Cc1cnc(C(=O)Nc2ccc(C(N)=S)cc2Cl)cn1. The monoisotopic (exact) mass is 306 g/mol. The Balaban J connectivity index is 2.19. The van der Waals surface area contributed by atoms with Crippen LogP contribution in [-0.2, 0) is 0 Å². The van der Waals surface area contributed by atoms with Crippen molar-refractivity contribution in [3.8, 4) is 0 Å². The van der Waals surface area contributed by atoms with Crippen LogP contribution >= 0.6 is 23.8 Å². The van der Waals surface area contributed by atoms with Gasteiger partial charge in [0.15, 0.2) is 0 Å². The number of anilines is 1. The van der Waals surface area contributed by atoms with Crippen LogP contribution in [0.4, 0.5) is 5.69 Å². The molecule has 0 fully saturated rings. The van der Waals surface area contributed by atoms with Crippen LogP contribution in [0.5, 0.6) is 0 Å². The van der Waals surface area contributed by atoms with E-state index in [-0.39, 0.29) is 16.6 Å². The second-order valence-corrected chi connectivity index (χ2v) is 4.90. The van der Waals surface area contributed by atoms with Crippen LogP contribution in [0.3, 0.4) is 0 Å². The molecular formula is C13H11ClN4OS. The average molecular weight is 307 g/mol. The number of nitrogens with one attached hydrogen (secondary N) is 1. The number of halogens is 1. The Kier molecular flexibility index (Phi) is 4.26. The molecule has 0 saturated heterocycles. The van der Waals surface area contributed by atoms with Gasteiger partial charge < -0.3 is 11.1 Å². The molecule has 5 nitrogen and oxygen atoms in total. The smallest absolute Gasteiger partial charge is 0.275 e. The fraction of sp³-hybridized carbons (Fsp3) is 0.0769. The Morgan fingerprint density at radius 1 is 1.35 bits per heavy atom. The third kappa shape index (κ3) is 3.28. The lowest BCUT2D eigenvalue weighted by atomic mass is 10.2. The number of thiocarbonyl (C=S) groups is 1. The van der Waals surface area contributed by atoms with Crippen LogP contribution in [0.1, 0.15) is 21.7 Å². The van der Waals surface area contributed by atoms with E-state index in [0.717, 1.165) is 5.69 Å². The van der Waals surface area contributed by atoms with E-state index in [1.165, 1.54) is 12.4 Å². The Bertz CT molecular complexity index is 673. The Morgan fingerprint density at radius 2 is 2.10 bits per heavy atom. The first-order valence-electron chi connectivity index (χ1n) is 5.66. The summed E-state index contributed by atoms with van der Waals surface area (Å²) in [4.78, 5) is 20.2. The fourth-order valence-corrected chi connectivity index (χ4v) is 1.82. The second kappa shape index (κ2) is 5.94. The topological polar surface area (TPSA) is 80.9 Å². The zero-order chi connectivity index (χ0) is 14.7. The molecule has 0 aliphatic heterocycles. The van der Waals surface area contributed by atoms with Crippen LogP contribution in [0.15, 0.2) is 30.6 Å². The number of nitrogens with zero attached hydrogens (tertiary/aromatic N) is 2. The molecule has 0 radical (unpaired) electrons. The number of hydrogen-bond acceptors (Lipinski definition) is 4. The molecule has 1 amide bonds. The lowest BCUT2D eigenvalue weighted by Crippen LogP contribution is -2.15. The molecule has 0 aliphatic rings. The zero-order valence-corrected chi connectivity index (χ0v) is 12.1. The highest BCUT2D eigenvalue weighted by Crippen LogP contribution is 2.23. The first-order chi connectivity index (χ1) is 9.47. The number of amides is 1. The van der Waals surface area contributed by atoms with E-state index in [1.54, 1.807) is 25.1 Å². The fourth-order valence-electron chi connectivity index (χ4n) is 1.47. The van der Waals surface area contributed by atoms with Gasteiger partial charge in [-0.3, -0.25) is 9.78 Å². The van der Waals surface area contributed by atoms with Crippen molar-refractivity contribution in [1.29, 1.82) is 0 Å². The van der Waals surface area contributed by atoms with Gasteiger partial charge in [0.2, 0.25) is 0 Å². The summed E-state index contributed by atoms with van der Waals surface area (Å²) >= 11 is 10.9. The molecule has 1 aromatic carbocycles. The van der Waals surface area contributed by atoms with Gasteiger partial charge in [0.25, 0.3) is 5.91 Å². The third-order valence-electron chi connectivity index (χ3n) is 2.52. The van der Waals surface area contributed by atoms with Gasteiger partial charge in [-0.05, 0) is 25.1 Å². The Morgan fingerprint density at radius 3 is 2.65 bits per heavy atom. The molecule has 1 aromatic heterocycles. The number of carbonyl (C=O) groups is 1. The van der Waals surface area contributed by atoms with Crippen LogP contribution in [0.25, 0.3) is 0 Å². The quantitative estimate of drug-likeness (QED) is 0.851. The minimum Gasteiger partial charge on any atom is -0.389 e. The number of aryl methyl sites for hydroxylation is 1. The van der Waals surface area contributed by atoms with E-state index in [4.69, 9.17) is 29.6 Å². The van der Waals surface area contributed by atoms with Crippen LogP contribution < -0.4 is 11.1 Å². The van der Waals surface area contributed by atoms with Crippen molar-refractivity contribution in [2.45, 2.75) is 6.92 Å². The molecule has 20 heavy (non-hydrogen) atoms. The average Bonchev–Trinajstić information content (AvgIpc) is 2.41.